The van der Waals surface area contributed by atoms with Crippen LogP contribution in [0.4, 0.5) is 4.79 Å². The summed E-state index contributed by atoms with van der Waals surface area (Å²) in [4.78, 5) is 23.9. The fourth-order valence-corrected chi connectivity index (χ4v) is 2.79. The minimum atomic E-state index is -0.732. The van der Waals surface area contributed by atoms with Gasteiger partial charge in [-0.15, -0.1) is 0 Å². The lowest BCUT2D eigenvalue weighted by atomic mass is 9.79. The van der Waals surface area contributed by atoms with E-state index in [4.69, 9.17) is 4.74 Å². The number of ether oxygens (including phenoxy) is 1. The Kier molecular flexibility index (Phi) is 5.20. The zero-order valence-electron chi connectivity index (χ0n) is 11.3. The second-order valence-electron chi connectivity index (χ2n) is 5.83. The van der Waals surface area contributed by atoms with E-state index in [1.54, 1.807) is 0 Å². The van der Waals surface area contributed by atoms with Gasteiger partial charge < -0.3 is 10.1 Å². The Labute approximate surface area is 117 Å². The minimum absolute atomic E-state index is 0.0352. The highest BCUT2D eigenvalue weighted by Crippen LogP contribution is 2.30. The molecule has 1 N–H and O–H groups in total. The van der Waals surface area contributed by atoms with Crippen LogP contribution in [0.1, 0.15) is 52.9 Å². The van der Waals surface area contributed by atoms with Gasteiger partial charge in [-0.1, -0.05) is 35.2 Å². The Morgan fingerprint density at radius 3 is 2.22 bits per heavy atom. The van der Waals surface area contributed by atoms with Gasteiger partial charge in [0.25, 0.3) is 0 Å². The van der Waals surface area contributed by atoms with Gasteiger partial charge in [-0.3, -0.25) is 4.79 Å². The standard InChI is InChI=1S/C13H22BrNO3/c1-12(2,3)18-11(17)15-13(10(16)9-14)7-5-4-6-8-13/h4-9H2,1-3H3,(H,15,17). The van der Waals surface area contributed by atoms with Crippen molar-refractivity contribution < 1.29 is 14.3 Å². The molecule has 1 aliphatic carbocycles. The number of hydrogen-bond acceptors (Lipinski definition) is 3. The Morgan fingerprint density at radius 1 is 1.22 bits per heavy atom. The number of halogens is 1. The number of Topliss-reactive ketones (excluding diaryl/α,β-unsaturated/α-hetero) is 1. The van der Waals surface area contributed by atoms with Crippen LogP contribution >= 0.6 is 15.9 Å². The summed E-state index contributed by atoms with van der Waals surface area (Å²) in [6, 6.07) is 0. The zero-order valence-corrected chi connectivity index (χ0v) is 12.9. The van der Waals surface area contributed by atoms with E-state index in [1.165, 1.54) is 0 Å². The Bertz CT molecular complexity index is 317. The summed E-state index contributed by atoms with van der Waals surface area (Å²) in [5.41, 5.74) is -1.28. The number of alkyl halides is 1. The summed E-state index contributed by atoms with van der Waals surface area (Å²) in [7, 11) is 0. The molecule has 0 aromatic rings. The molecule has 4 nitrogen and oxygen atoms in total. The van der Waals surface area contributed by atoms with E-state index in [0.29, 0.717) is 12.8 Å². The molecule has 1 amide bonds. The Morgan fingerprint density at radius 2 is 1.78 bits per heavy atom. The fourth-order valence-electron chi connectivity index (χ4n) is 2.26. The summed E-state index contributed by atoms with van der Waals surface area (Å²) in [5, 5.41) is 3.07. The molecule has 0 aromatic heterocycles. The highest BCUT2D eigenvalue weighted by atomic mass is 79.9. The average molecular weight is 320 g/mol. The lowest BCUT2D eigenvalue weighted by Gasteiger charge is -2.36. The van der Waals surface area contributed by atoms with E-state index < -0.39 is 17.2 Å². The van der Waals surface area contributed by atoms with Gasteiger partial charge in [-0.05, 0) is 33.6 Å². The van der Waals surface area contributed by atoms with E-state index in [9.17, 15) is 9.59 Å². The molecular formula is C13H22BrNO3. The highest BCUT2D eigenvalue weighted by molar-refractivity contribution is 9.09. The third-order valence-corrected chi connectivity index (χ3v) is 3.61. The van der Waals surface area contributed by atoms with Gasteiger partial charge >= 0.3 is 6.09 Å². The fraction of sp³-hybridized carbons (Fsp3) is 0.846. The normalized spacial score (nSPS) is 19.1. The molecule has 0 bridgehead atoms. The van der Waals surface area contributed by atoms with Gasteiger partial charge in [0.15, 0.2) is 5.78 Å². The van der Waals surface area contributed by atoms with Crippen molar-refractivity contribution in [2.45, 2.75) is 64.0 Å². The monoisotopic (exact) mass is 319 g/mol. The van der Waals surface area contributed by atoms with Gasteiger partial charge in [0.1, 0.15) is 11.1 Å². The van der Waals surface area contributed by atoms with E-state index >= 15 is 0 Å². The minimum Gasteiger partial charge on any atom is -0.444 e. The van der Waals surface area contributed by atoms with Crippen molar-refractivity contribution in [3.8, 4) is 0 Å². The van der Waals surface area contributed by atoms with E-state index in [0.717, 1.165) is 19.3 Å². The molecule has 0 spiro atoms. The molecule has 1 fully saturated rings. The molecule has 0 aliphatic heterocycles. The number of amides is 1. The molecule has 18 heavy (non-hydrogen) atoms. The van der Waals surface area contributed by atoms with Crippen LogP contribution in [0.5, 0.6) is 0 Å². The first kappa shape index (κ1) is 15.5. The predicted molar refractivity (Wildman–Crippen MR) is 74.0 cm³/mol. The van der Waals surface area contributed by atoms with Crippen molar-refractivity contribution in [2.75, 3.05) is 5.33 Å². The lowest BCUT2D eigenvalue weighted by molar-refractivity contribution is -0.124. The Balaban J connectivity index is 2.73. The molecule has 0 aromatic carbocycles. The van der Waals surface area contributed by atoms with Crippen molar-refractivity contribution in [2.24, 2.45) is 0 Å². The maximum atomic E-state index is 12.1. The number of carbonyl (C=O) groups excluding carboxylic acids is 2. The summed E-state index contributed by atoms with van der Waals surface area (Å²) < 4.78 is 5.24. The average Bonchev–Trinajstić information content (AvgIpc) is 2.26. The third kappa shape index (κ3) is 4.26. The number of nitrogens with one attached hydrogen (secondary N) is 1. The smallest absolute Gasteiger partial charge is 0.408 e. The molecule has 0 saturated heterocycles. The number of rotatable bonds is 3. The summed E-state index contributed by atoms with van der Waals surface area (Å²) in [5.74, 6) is 0.0352. The first-order valence-corrected chi connectivity index (χ1v) is 7.52. The van der Waals surface area contributed by atoms with Gasteiger partial charge in [0.2, 0.25) is 0 Å². The third-order valence-electron chi connectivity index (χ3n) is 3.10. The topological polar surface area (TPSA) is 55.4 Å². The van der Waals surface area contributed by atoms with E-state index in [2.05, 4.69) is 21.2 Å². The number of alkyl carbamates (subject to hydrolysis) is 1. The second kappa shape index (κ2) is 6.04. The van der Waals surface area contributed by atoms with Gasteiger partial charge in [0.05, 0.1) is 5.33 Å². The summed E-state index contributed by atoms with van der Waals surface area (Å²) in [6.07, 6.45) is 3.96. The molecule has 0 heterocycles. The van der Waals surface area contributed by atoms with Crippen LogP contribution in [0.3, 0.4) is 0 Å². The summed E-state index contributed by atoms with van der Waals surface area (Å²) >= 11 is 3.20. The SMILES string of the molecule is CC(C)(C)OC(=O)NC1(C(=O)CBr)CCCCC1. The highest BCUT2D eigenvalue weighted by Gasteiger charge is 2.40. The van der Waals surface area contributed by atoms with Crippen LogP contribution in [0.25, 0.3) is 0 Å². The van der Waals surface area contributed by atoms with Crippen LogP contribution in [0.15, 0.2) is 0 Å². The van der Waals surface area contributed by atoms with Crippen molar-refractivity contribution in [1.29, 1.82) is 0 Å². The Hall–Kier alpha value is -0.580. The van der Waals surface area contributed by atoms with Crippen LogP contribution in [0, 0.1) is 0 Å². The van der Waals surface area contributed by atoms with Crippen LogP contribution in [-0.4, -0.2) is 28.3 Å². The number of carbonyl (C=O) groups is 2. The molecule has 0 radical (unpaired) electrons. The van der Waals surface area contributed by atoms with E-state index in [1.807, 2.05) is 20.8 Å². The van der Waals surface area contributed by atoms with Crippen LogP contribution in [-0.2, 0) is 9.53 Å². The van der Waals surface area contributed by atoms with E-state index in [-0.39, 0.29) is 11.1 Å². The number of hydrogen-bond donors (Lipinski definition) is 1. The molecule has 0 atom stereocenters. The first-order valence-electron chi connectivity index (χ1n) is 6.39. The quantitative estimate of drug-likeness (QED) is 0.813. The second-order valence-corrected chi connectivity index (χ2v) is 6.39. The molecule has 5 heteroatoms. The van der Waals surface area contributed by atoms with Crippen LogP contribution < -0.4 is 5.32 Å². The van der Waals surface area contributed by atoms with Crippen LogP contribution in [0.2, 0.25) is 0 Å². The molecule has 1 aliphatic rings. The first-order chi connectivity index (χ1) is 8.29. The molecule has 104 valence electrons. The van der Waals surface area contributed by atoms with Crippen molar-refractivity contribution in [3.63, 3.8) is 0 Å². The molecule has 0 unspecified atom stereocenters. The lowest BCUT2D eigenvalue weighted by Crippen LogP contribution is -2.57. The molecular weight excluding hydrogens is 298 g/mol. The van der Waals surface area contributed by atoms with Crippen molar-refractivity contribution in [1.82, 2.24) is 5.32 Å². The number of ketones is 1. The predicted octanol–water partition coefficient (Wildman–Crippen LogP) is 3.18. The maximum Gasteiger partial charge on any atom is 0.408 e. The van der Waals surface area contributed by atoms with Gasteiger partial charge in [0, 0.05) is 0 Å². The van der Waals surface area contributed by atoms with Crippen molar-refractivity contribution >= 4 is 27.8 Å². The van der Waals surface area contributed by atoms with Gasteiger partial charge in [-0.2, -0.15) is 0 Å². The van der Waals surface area contributed by atoms with Gasteiger partial charge in [-0.25, -0.2) is 4.79 Å². The summed E-state index contributed by atoms with van der Waals surface area (Å²) in [6.45, 7) is 5.44. The zero-order chi connectivity index (χ0) is 13.8. The molecule has 1 saturated carbocycles. The largest absolute Gasteiger partial charge is 0.444 e. The van der Waals surface area contributed by atoms with Crippen molar-refractivity contribution in [3.05, 3.63) is 0 Å². The molecule has 1 rings (SSSR count). The maximum absolute atomic E-state index is 12.1.